The van der Waals surface area contributed by atoms with Gasteiger partial charge in [0.2, 0.25) is 5.70 Å². The van der Waals surface area contributed by atoms with Crippen molar-refractivity contribution in [1.82, 2.24) is 4.90 Å². The lowest BCUT2D eigenvalue weighted by atomic mass is 9.61. The van der Waals surface area contributed by atoms with Gasteiger partial charge in [-0.15, -0.1) is 0 Å². The van der Waals surface area contributed by atoms with Gasteiger partial charge in [0.1, 0.15) is 5.60 Å². The maximum absolute atomic E-state index is 12.5. The van der Waals surface area contributed by atoms with Crippen molar-refractivity contribution in [2.24, 2.45) is 10.8 Å². The molecule has 1 heterocycles. The minimum Gasteiger partial charge on any atom is -0.444 e. The molecule has 0 bridgehead atoms. The molecule has 0 aromatic carbocycles. The quantitative estimate of drug-likeness (QED) is 0.507. The van der Waals surface area contributed by atoms with Crippen molar-refractivity contribution in [1.29, 1.82) is 0 Å². The summed E-state index contributed by atoms with van der Waals surface area (Å²) in [5.41, 5.74) is -0.667. The van der Waals surface area contributed by atoms with Gasteiger partial charge in [-0.25, -0.2) is 9.64 Å². The number of nitrogens with zero attached hydrogens (tertiary/aromatic N) is 2. The van der Waals surface area contributed by atoms with Gasteiger partial charge in [-0.1, -0.05) is 38.5 Å². The van der Waals surface area contributed by atoms with Gasteiger partial charge in [0.05, 0.1) is 6.57 Å². The Bertz CT molecular complexity index is 659. The second-order valence-electron chi connectivity index (χ2n) is 7.99. The van der Waals surface area contributed by atoms with E-state index in [1.54, 1.807) is 11.0 Å². The van der Waals surface area contributed by atoms with E-state index in [9.17, 15) is 9.59 Å². The van der Waals surface area contributed by atoms with Crippen LogP contribution >= 0.6 is 0 Å². The largest absolute Gasteiger partial charge is 0.444 e. The molecule has 0 saturated carbocycles. The molecule has 5 nitrogen and oxygen atoms in total. The number of hydrogen-bond acceptors (Lipinski definition) is 3. The minimum atomic E-state index is -0.719. The van der Waals surface area contributed by atoms with Crippen LogP contribution in [0.15, 0.2) is 23.4 Å². The summed E-state index contributed by atoms with van der Waals surface area (Å²) >= 11 is 0. The second kappa shape index (κ2) is 5.23. The van der Waals surface area contributed by atoms with Crippen LogP contribution < -0.4 is 0 Å². The normalized spacial score (nSPS) is 26.7. The number of hydrogen-bond donors (Lipinski definition) is 0. The standard InChI is InChI=1S/C18H24N2O3/c1-16(2,3)23-15(22)20-9-8-13-17(4,5)14(21)12(19-7)10-18(13,6)11-20/h8,10H,9,11H2,1-6H3/t18-/m0/s1. The van der Waals surface area contributed by atoms with Gasteiger partial charge in [-0.05, 0) is 20.8 Å². The molecule has 0 radical (unpaired) electrons. The van der Waals surface area contributed by atoms with Crippen LogP contribution in [0.5, 0.6) is 0 Å². The van der Waals surface area contributed by atoms with E-state index in [-0.39, 0.29) is 17.6 Å². The molecule has 1 atom stereocenters. The molecule has 124 valence electrons. The summed E-state index contributed by atoms with van der Waals surface area (Å²) in [6.07, 6.45) is 3.26. The summed E-state index contributed by atoms with van der Waals surface area (Å²) in [5.74, 6) is -0.151. The summed E-state index contributed by atoms with van der Waals surface area (Å²) in [5, 5.41) is 0. The van der Waals surface area contributed by atoms with Crippen LogP contribution in [0, 0.1) is 17.4 Å². The zero-order valence-corrected chi connectivity index (χ0v) is 14.7. The number of ketones is 1. The van der Waals surface area contributed by atoms with Crippen LogP contribution in [-0.4, -0.2) is 35.5 Å². The average molecular weight is 316 g/mol. The van der Waals surface area contributed by atoms with Crippen molar-refractivity contribution < 1.29 is 14.3 Å². The Kier molecular flexibility index (Phi) is 3.92. The second-order valence-corrected chi connectivity index (χ2v) is 7.99. The predicted molar refractivity (Wildman–Crippen MR) is 87.5 cm³/mol. The number of amides is 1. The van der Waals surface area contributed by atoms with Crippen LogP contribution in [0.2, 0.25) is 0 Å². The van der Waals surface area contributed by atoms with E-state index in [1.807, 2.05) is 47.6 Å². The van der Waals surface area contributed by atoms with E-state index in [0.717, 1.165) is 5.57 Å². The topological polar surface area (TPSA) is 51.0 Å². The lowest BCUT2D eigenvalue weighted by Crippen LogP contribution is -2.51. The SMILES string of the molecule is [C-]#[N+]C1=C[C@@]2(C)CN(C(=O)OC(C)(C)C)CC=C2C(C)(C)C1=O. The van der Waals surface area contributed by atoms with Gasteiger partial charge in [0, 0.05) is 23.9 Å². The van der Waals surface area contributed by atoms with E-state index < -0.39 is 16.4 Å². The molecule has 5 heteroatoms. The third kappa shape index (κ3) is 3.03. The predicted octanol–water partition coefficient (Wildman–Crippen LogP) is 3.58. The smallest absolute Gasteiger partial charge is 0.410 e. The number of fused-ring (bicyclic) bond motifs is 1. The first-order chi connectivity index (χ1) is 10.4. The Morgan fingerprint density at radius 1 is 1.35 bits per heavy atom. The molecule has 1 amide bonds. The fourth-order valence-electron chi connectivity index (χ4n) is 3.43. The van der Waals surface area contributed by atoms with Crippen LogP contribution in [0.25, 0.3) is 4.85 Å². The maximum atomic E-state index is 12.5. The van der Waals surface area contributed by atoms with Crippen LogP contribution in [0.4, 0.5) is 4.79 Å². The van der Waals surface area contributed by atoms with Gasteiger partial charge in [-0.3, -0.25) is 0 Å². The number of ether oxygens (including phenoxy) is 1. The Balaban J connectivity index is 2.38. The molecule has 0 aromatic heterocycles. The summed E-state index contributed by atoms with van der Waals surface area (Å²) in [6.45, 7) is 19.2. The van der Waals surface area contributed by atoms with Crippen molar-refractivity contribution >= 4 is 11.9 Å². The third-order valence-corrected chi connectivity index (χ3v) is 4.35. The highest BCUT2D eigenvalue weighted by Gasteiger charge is 2.49. The maximum Gasteiger partial charge on any atom is 0.410 e. The van der Waals surface area contributed by atoms with E-state index >= 15 is 0 Å². The lowest BCUT2D eigenvalue weighted by molar-refractivity contribution is -0.122. The molecular weight excluding hydrogens is 292 g/mol. The van der Waals surface area contributed by atoms with E-state index in [2.05, 4.69) is 4.85 Å². The highest BCUT2D eigenvalue weighted by atomic mass is 16.6. The number of rotatable bonds is 0. The minimum absolute atomic E-state index is 0.151. The van der Waals surface area contributed by atoms with Crippen LogP contribution in [-0.2, 0) is 9.53 Å². The molecule has 0 spiro atoms. The van der Waals surface area contributed by atoms with Crippen molar-refractivity contribution in [2.45, 2.75) is 47.1 Å². The van der Waals surface area contributed by atoms with Gasteiger partial charge < -0.3 is 14.4 Å². The molecule has 0 aromatic rings. The van der Waals surface area contributed by atoms with Gasteiger partial charge in [0.15, 0.2) is 5.78 Å². The summed E-state index contributed by atoms with van der Waals surface area (Å²) < 4.78 is 5.44. The van der Waals surface area contributed by atoms with Crippen LogP contribution in [0.3, 0.4) is 0 Å². The number of carbonyl (C=O) groups excluding carboxylic acids is 2. The first-order valence-electron chi connectivity index (χ1n) is 7.75. The number of Topliss-reactive ketones (excluding diaryl/α,β-unsaturated/α-hetero) is 1. The van der Waals surface area contributed by atoms with Gasteiger partial charge in [0.25, 0.3) is 0 Å². The fraction of sp³-hybridized carbons (Fsp3) is 0.611. The number of carbonyl (C=O) groups is 2. The molecule has 0 N–H and O–H groups in total. The molecule has 1 aliphatic carbocycles. The summed E-state index contributed by atoms with van der Waals surface area (Å²) in [4.78, 5) is 29.8. The van der Waals surface area contributed by atoms with E-state index in [1.165, 1.54) is 0 Å². The molecule has 0 saturated heterocycles. The molecule has 2 aliphatic rings. The average Bonchev–Trinajstić information content (AvgIpc) is 2.40. The molecule has 1 aliphatic heterocycles. The zero-order chi connectivity index (χ0) is 17.6. The van der Waals surface area contributed by atoms with Gasteiger partial charge >= 0.3 is 6.09 Å². The van der Waals surface area contributed by atoms with Crippen LogP contribution in [0.1, 0.15) is 41.5 Å². The number of allylic oxidation sites excluding steroid dienone is 1. The fourth-order valence-corrected chi connectivity index (χ4v) is 3.43. The lowest BCUT2D eigenvalue weighted by Gasteiger charge is -2.47. The zero-order valence-electron chi connectivity index (χ0n) is 14.7. The van der Waals surface area contributed by atoms with Gasteiger partial charge in [-0.2, -0.15) is 0 Å². The van der Waals surface area contributed by atoms with E-state index in [0.29, 0.717) is 13.1 Å². The Morgan fingerprint density at radius 3 is 2.48 bits per heavy atom. The molecule has 0 fully saturated rings. The molecule has 23 heavy (non-hydrogen) atoms. The third-order valence-electron chi connectivity index (χ3n) is 4.35. The van der Waals surface area contributed by atoms with Crippen molar-refractivity contribution in [3.63, 3.8) is 0 Å². The van der Waals surface area contributed by atoms with E-state index in [4.69, 9.17) is 11.3 Å². The summed E-state index contributed by atoms with van der Waals surface area (Å²) in [7, 11) is 0. The first-order valence-corrected chi connectivity index (χ1v) is 7.75. The Morgan fingerprint density at radius 2 is 1.96 bits per heavy atom. The molecular formula is C18H24N2O3. The Labute approximate surface area is 137 Å². The summed E-state index contributed by atoms with van der Waals surface area (Å²) in [6, 6.07) is 0. The highest BCUT2D eigenvalue weighted by Crippen LogP contribution is 2.49. The van der Waals surface area contributed by atoms with Crippen molar-refractivity contribution in [3.8, 4) is 0 Å². The molecule has 0 unspecified atom stereocenters. The van der Waals surface area contributed by atoms with Crippen molar-refractivity contribution in [2.75, 3.05) is 13.1 Å². The highest BCUT2D eigenvalue weighted by molar-refractivity contribution is 6.04. The Hall–Kier alpha value is -2.09. The van der Waals surface area contributed by atoms with Crippen molar-refractivity contribution in [3.05, 3.63) is 34.8 Å². The first kappa shape index (κ1) is 17.3. The molecule has 2 rings (SSSR count). The monoisotopic (exact) mass is 316 g/mol.